The molecule has 0 aliphatic heterocycles. The Morgan fingerprint density at radius 1 is 1.40 bits per heavy atom. The highest BCUT2D eigenvalue weighted by molar-refractivity contribution is 7.15. The number of halogens is 1. The third-order valence-corrected chi connectivity index (χ3v) is 3.84. The molecule has 1 atom stereocenters. The number of anilines is 1. The van der Waals surface area contributed by atoms with E-state index in [-0.39, 0.29) is 30.8 Å². The number of thiazole rings is 1. The molecule has 4 nitrogen and oxygen atoms in total. The van der Waals surface area contributed by atoms with Crippen molar-refractivity contribution in [3.63, 3.8) is 0 Å². The van der Waals surface area contributed by atoms with E-state index >= 15 is 0 Å². The first-order valence-corrected chi connectivity index (χ1v) is 7.05. The third kappa shape index (κ3) is 4.59. The number of nitrogens with zero attached hydrogens (tertiary/aromatic N) is 1. The first kappa shape index (κ1) is 16.6. The van der Waals surface area contributed by atoms with Gasteiger partial charge in [0.1, 0.15) is 0 Å². The summed E-state index contributed by atoms with van der Waals surface area (Å²) < 4.78 is 0. The molecule has 2 aromatic rings. The van der Waals surface area contributed by atoms with E-state index in [1.165, 1.54) is 11.3 Å². The van der Waals surface area contributed by atoms with Crippen LogP contribution in [0.1, 0.15) is 29.8 Å². The van der Waals surface area contributed by atoms with Gasteiger partial charge in [-0.1, -0.05) is 37.3 Å². The monoisotopic (exact) mass is 311 g/mol. The summed E-state index contributed by atoms with van der Waals surface area (Å²) in [4.78, 5) is 17.2. The Labute approximate surface area is 128 Å². The normalized spacial score (nSPS) is 11.5. The molecule has 3 N–H and O–H groups in total. The van der Waals surface area contributed by atoms with Gasteiger partial charge in [0.25, 0.3) is 0 Å². The van der Waals surface area contributed by atoms with Crippen LogP contribution in [0.25, 0.3) is 0 Å². The number of amides is 1. The summed E-state index contributed by atoms with van der Waals surface area (Å²) in [5.74, 6) is -0.103. The molecule has 0 saturated heterocycles. The zero-order chi connectivity index (χ0) is 13.7. The first-order valence-electron chi connectivity index (χ1n) is 6.24. The Balaban J connectivity index is 0.00000200. The summed E-state index contributed by atoms with van der Waals surface area (Å²) in [6.45, 7) is 2.06. The molecule has 0 saturated carbocycles. The van der Waals surface area contributed by atoms with Gasteiger partial charge < -0.3 is 11.1 Å². The Hall–Kier alpha value is -1.43. The number of carbonyl (C=O) groups excluding carboxylic acids is 1. The largest absolute Gasteiger partial charge is 0.324 e. The van der Waals surface area contributed by atoms with Crippen molar-refractivity contribution < 1.29 is 4.79 Å². The number of aromatic nitrogens is 1. The van der Waals surface area contributed by atoms with Crippen molar-refractivity contribution in [2.45, 2.75) is 25.8 Å². The number of nitrogens with two attached hydrogens (primary N) is 1. The molecule has 1 aromatic carbocycles. The van der Waals surface area contributed by atoms with Gasteiger partial charge in [0.2, 0.25) is 5.91 Å². The van der Waals surface area contributed by atoms with E-state index in [2.05, 4.69) is 17.2 Å². The van der Waals surface area contributed by atoms with Gasteiger partial charge >= 0.3 is 0 Å². The number of carbonyl (C=O) groups is 1. The van der Waals surface area contributed by atoms with Crippen LogP contribution in [-0.4, -0.2) is 10.9 Å². The van der Waals surface area contributed by atoms with Crippen LogP contribution in [-0.2, 0) is 11.2 Å². The lowest BCUT2D eigenvalue weighted by molar-refractivity contribution is -0.116. The smallest absolute Gasteiger partial charge is 0.228 e. The van der Waals surface area contributed by atoms with Gasteiger partial charge in [0, 0.05) is 23.5 Å². The molecule has 1 heterocycles. The molecule has 0 radical (unpaired) electrons. The number of aryl methyl sites for hydroxylation is 1. The van der Waals surface area contributed by atoms with Gasteiger partial charge in [-0.3, -0.25) is 4.79 Å². The SMILES string of the molecule is CCc1cnc(NC(=O)CC(N)c2ccccc2)s1.Cl. The van der Waals surface area contributed by atoms with Gasteiger partial charge in [-0.05, 0) is 12.0 Å². The fraction of sp³-hybridized carbons (Fsp3) is 0.286. The Bertz CT molecular complexity index is 544. The second-order valence-electron chi connectivity index (χ2n) is 4.25. The molecule has 1 aromatic heterocycles. The number of benzene rings is 1. The van der Waals surface area contributed by atoms with Crippen molar-refractivity contribution in [3.8, 4) is 0 Å². The van der Waals surface area contributed by atoms with Gasteiger partial charge in [-0.2, -0.15) is 0 Å². The van der Waals surface area contributed by atoms with Crippen LogP contribution < -0.4 is 11.1 Å². The molecule has 2 rings (SSSR count). The van der Waals surface area contributed by atoms with Gasteiger partial charge in [0.15, 0.2) is 5.13 Å². The molecule has 0 aliphatic rings. The maximum atomic E-state index is 11.9. The maximum absolute atomic E-state index is 11.9. The van der Waals surface area contributed by atoms with Gasteiger partial charge in [0.05, 0.1) is 0 Å². The van der Waals surface area contributed by atoms with Crippen molar-refractivity contribution in [2.24, 2.45) is 5.73 Å². The standard InChI is InChI=1S/C14H17N3OS.ClH/c1-2-11-9-16-14(19-11)17-13(18)8-12(15)10-6-4-3-5-7-10;/h3-7,9,12H,2,8,15H2,1H3,(H,16,17,18);1H. The summed E-state index contributed by atoms with van der Waals surface area (Å²) in [6, 6.07) is 9.33. The van der Waals surface area contributed by atoms with Crippen LogP contribution in [0.2, 0.25) is 0 Å². The van der Waals surface area contributed by atoms with E-state index in [0.717, 1.165) is 16.9 Å². The number of hydrogen-bond acceptors (Lipinski definition) is 4. The second-order valence-corrected chi connectivity index (χ2v) is 5.37. The summed E-state index contributed by atoms with van der Waals surface area (Å²) in [7, 11) is 0. The van der Waals surface area contributed by atoms with Crippen molar-refractivity contribution in [1.29, 1.82) is 0 Å². The average molecular weight is 312 g/mol. The highest BCUT2D eigenvalue weighted by Gasteiger charge is 2.12. The van der Waals surface area contributed by atoms with E-state index in [1.807, 2.05) is 30.3 Å². The Morgan fingerprint density at radius 2 is 2.10 bits per heavy atom. The van der Waals surface area contributed by atoms with E-state index in [1.54, 1.807) is 6.20 Å². The summed E-state index contributed by atoms with van der Waals surface area (Å²) >= 11 is 1.50. The first-order chi connectivity index (χ1) is 9.19. The van der Waals surface area contributed by atoms with E-state index in [0.29, 0.717) is 5.13 Å². The maximum Gasteiger partial charge on any atom is 0.228 e. The Kier molecular flexibility index (Phi) is 6.64. The topological polar surface area (TPSA) is 68.0 Å². The molecule has 0 bridgehead atoms. The number of nitrogens with one attached hydrogen (secondary N) is 1. The summed E-state index contributed by atoms with van der Waals surface area (Å²) in [5, 5.41) is 3.43. The summed E-state index contributed by atoms with van der Waals surface area (Å²) in [5.41, 5.74) is 6.97. The van der Waals surface area contributed by atoms with E-state index in [4.69, 9.17) is 5.73 Å². The molecule has 1 unspecified atom stereocenters. The lowest BCUT2D eigenvalue weighted by atomic mass is 10.0. The van der Waals surface area contributed by atoms with Crippen molar-refractivity contribution >= 4 is 34.8 Å². The quantitative estimate of drug-likeness (QED) is 0.891. The zero-order valence-corrected chi connectivity index (χ0v) is 12.8. The predicted molar refractivity (Wildman–Crippen MR) is 85.4 cm³/mol. The molecule has 108 valence electrons. The van der Waals surface area contributed by atoms with Crippen LogP contribution in [0.15, 0.2) is 36.5 Å². The summed E-state index contributed by atoms with van der Waals surface area (Å²) in [6.07, 6.45) is 2.97. The minimum absolute atomic E-state index is 0. The van der Waals surface area contributed by atoms with Crippen LogP contribution in [0.5, 0.6) is 0 Å². The predicted octanol–water partition coefficient (Wildman–Crippen LogP) is 3.16. The van der Waals surface area contributed by atoms with Crippen LogP contribution in [0.3, 0.4) is 0 Å². The van der Waals surface area contributed by atoms with Crippen molar-refractivity contribution in [2.75, 3.05) is 5.32 Å². The molecule has 6 heteroatoms. The van der Waals surface area contributed by atoms with E-state index in [9.17, 15) is 4.79 Å². The zero-order valence-electron chi connectivity index (χ0n) is 11.2. The van der Waals surface area contributed by atoms with Crippen molar-refractivity contribution in [1.82, 2.24) is 4.98 Å². The molecular weight excluding hydrogens is 294 g/mol. The molecule has 20 heavy (non-hydrogen) atoms. The average Bonchev–Trinajstić information content (AvgIpc) is 2.87. The highest BCUT2D eigenvalue weighted by Crippen LogP contribution is 2.20. The van der Waals surface area contributed by atoms with Gasteiger partial charge in [-0.25, -0.2) is 4.98 Å². The molecule has 1 amide bonds. The molecule has 0 fully saturated rings. The van der Waals surface area contributed by atoms with Crippen molar-refractivity contribution in [3.05, 3.63) is 47.0 Å². The third-order valence-electron chi connectivity index (χ3n) is 2.78. The van der Waals surface area contributed by atoms with Crippen LogP contribution >= 0.6 is 23.7 Å². The number of rotatable bonds is 5. The van der Waals surface area contributed by atoms with Crippen LogP contribution in [0, 0.1) is 0 Å². The lowest BCUT2D eigenvalue weighted by Crippen LogP contribution is -2.20. The lowest BCUT2D eigenvalue weighted by Gasteiger charge is -2.10. The Morgan fingerprint density at radius 3 is 2.70 bits per heavy atom. The fourth-order valence-corrected chi connectivity index (χ4v) is 2.49. The second kappa shape index (κ2) is 7.99. The van der Waals surface area contributed by atoms with Gasteiger partial charge in [-0.15, -0.1) is 23.7 Å². The fourth-order valence-electron chi connectivity index (χ4n) is 1.72. The number of hydrogen-bond donors (Lipinski definition) is 2. The van der Waals surface area contributed by atoms with Crippen LogP contribution in [0.4, 0.5) is 5.13 Å². The highest BCUT2D eigenvalue weighted by atomic mass is 35.5. The molecular formula is C14H18ClN3OS. The molecule has 0 aliphatic carbocycles. The minimum atomic E-state index is -0.285. The van der Waals surface area contributed by atoms with E-state index < -0.39 is 0 Å². The minimum Gasteiger partial charge on any atom is -0.324 e. The molecule has 0 spiro atoms.